The van der Waals surface area contributed by atoms with Crippen LogP contribution >= 0.6 is 11.3 Å². The quantitative estimate of drug-likeness (QED) is 0.712. The Hall–Kier alpha value is -2.18. The van der Waals surface area contributed by atoms with E-state index in [2.05, 4.69) is 10.6 Å². The molecule has 2 aromatic rings. The Morgan fingerprint density at radius 2 is 2.00 bits per heavy atom. The Bertz CT molecular complexity index is 737. The third-order valence-corrected chi connectivity index (χ3v) is 5.64. The van der Waals surface area contributed by atoms with E-state index in [0.717, 1.165) is 31.5 Å². The third-order valence-electron chi connectivity index (χ3n) is 4.76. The molecule has 6 heteroatoms. The lowest BCUT2D eigenvalue weighted by atomic mass is 10.0. The van der Waals surface area contributed by atoms with Gasteiger partial charge in [0.1, 0.15) is 0 Å². The van der Waals surface area contributed by atoms with Gasteiger partial charge in [0, 0.05) is 29.3 Å². The number of nitrogens with one attached hydrogen (secondary N) is 3. The summed E-state index contributed by atoms with van der Waals surface area (Å²) in [6, 6.07) is 11.9. The number of thiophene rings is 1. The van der Waals surface area contributed by atoms with E-state index in [1.165, 1.54) is 9.78 Å². The van der Waals surface area contributed by atoms with Crippen LogP contribution in [0.1, 0.15) is 33.6 Å². The molecule has 0 aliphatic carbocycles. The van der Waals surface area contributed by atoms with Gasteiger partial charge in [-0.2, -0.15) is 0 Å². The van der Waals surface area contributed by atoms with Crippen molar-refractivity contribution in [1.29, 1.82) is 0 Å². The fourth-order valence-electron chi connectivity index (χ4n) is 3.29. The second kappa shape index (κ2) is 8.96. The van der Waals surface area contributed by atoms with Crippen LogP contribution in [-0.4, -0.2) is 37.5 Å². The van der Waals surface area contributed by atoms with Crippen molar-refractivity contribution in [1.82, 2.24) is 10.6 Å². The molecule has 1 fully saturated rings. The van der Waals surface area contributed by atoms with Gasteiger partial charge in [-0.25, -0.2) is 0 Å². The van der Waals surface area contributed by atoms with Crippen LogP contribution in [-0.2, 0) is 11.3 Å². The summed E-state index contributed by atoms with van der Waals surface area (Å²) in [4.78, 5) is 26.9. The van der Waals surface area contributed by atoms with Crippen LogP contribution in [0.25, 0.3) is 0 Å². The van der Waals surface area contributed by atoms with Crippen molar-refractivity contribution >= 4 is 23.2 Å². The highest BCUT2D eigenvalue weighted by atomic mass is 32.1. The zero-order chi connectivity index (χ0) is 18.4. The first-order chi connectivity index (χ1) is 12.6. The molecule has 1 aromatic carbocycles. The molecule has 1 aromatic heterocycles. The number of carbonyl (C=O) groups excluding carboxylic acids is 2. The van der Waals surface area contributed by atoms with E-state index in [4.69, 9.17) is 0 Å². The summed E-state index contributed by atoms with van der Waals surface area (Å²) < 4.78 is 0. The van der Waals surface area contributed by atoms with E-state index >= 15 is 0 Å². The zero-order valence-corrected chi connectivity index (χ0v) is 15.9. The molecule has 5 nitrogen and oxygen atoms in total. The lowest BCUT2D eigenvalue weighted by Crippen LogP contribution is -3.14. The standard InChI is InChI=1S/C20H25N3O2S/c1-15-4-2-5-16(12-15)20(25)22-17-7-9-23(10-8-17)14-19(24)21-13-18-6-3-11-26-18/h2-6,11-12,17H,7-10,13-14H2,1H3,(H,21,24)(H,22,25)/p+1. The first-order valence-corrected chi connectivity index (χ1v) is 9.98. The van der Waals surface area contributed by atoms with Crippen LogP contribution in [0, 0.1) is 6.92 Å². The average molecular weight is 373 g/mol. The Morgan fingerprint density at radius 3 is 2.69 bits per heavy atom. The molecule has 0 atom stereocenters. The predicted molar refractivity (Wildman–Crippen MR) is 103 cm³/mol. The maximum absolute atomic E-state index is 12.3. The third kappa shape index (κ3) is 5.41. The highest BCUT2D eigenvalue weighted by Crippen LogP contribution is 2.08. The minimum atomic E-state index is -0.00385. The lowest BCUT2D eigenvalue weighted by Gasteiger charge is -2.29. The van der Waals surface area contributed by atoms with Crippen molar-refractivity contribution in [2.24, 2.45) is 0 Å². The summed E-state index contributed by atoms with van der Waals surface area (Å²) in [5.74, 6) is 0.0893. The van der Waals surface area contributed by atoms with Crippen molar-refractivity contribution in [2.75, 3.05) is 19.6 Å². The number of hydrogen-bond acceptors (Lipinski definition) is 3. The summed E-state index contributed by atoms with van der Waals surface area (Å²) in [6.07, 6.45) is 1.82. The molecule has 2 amide bonds. The van der Waals surface area contributed by atoms with Crippen molar-refractivity contribution in [3.63, 3.8) is 0 Å². The predicted octanol–water partition coefficient (Wildman–Crippen LogP) is 1.15. The fourth-order valence-corrected chi connectivity index (χ4v) is 3.94. The van der Waals surface area contributed by atoms with E-state index in [0.29, 0.717) is 18.7 Å². The number of carbonyl (C=O) groups is 2. The van der Waals surface area contributed by atoms with Crippen LogP contribution in [0.2, 0.25) is 0 Å². The average Bonchev–Trinajstić information content (AvgIpc) is 3.15. The number of benzene rings is 1. The molecular weight excluding hydrogens is 346 g/mol. The fraction of sp³-hybridized carbons (Fsp3) is 0.400. The Kier molecular flexibility index (Phi) is 6.41. The maximum Gasteiger partial charge on any atom is 0.275 e. The van der Waals surface area contributed by atoms with Crippen molar-refractivity contribution in [3.05, 3.63) is 57.8 Å². The summed E-state index contributed by atoms with van der Waals surface area (Å²) in [5, 5.41) is 8.13. The van der Waals surface area contributed by atoms with Gasteiger partial charge in [-0.1, -0.05) is 23.8 Å². The van der Waals surface area contributed by atoms with Gasteiger partial charge in [-0.05, 0) is 30.5 Å². The second-order valence-electron chi connectivity index (χ2n) is 6.90. The van der Waals surface area contributed by atoms with Crippen LogP contribution in [0.4, 0.5) is 0 Å². The number of quaternary nitrogens is 1. The van der Waals surface area contributed by atoms with Gasteiger partial charge in [-0.3, -0.25) is 9.59 Å². The van der Waals surface area contributed by atoms with E-state index in [1.807, 2.05) is 48.7 Å². The van der Waals surface area contributed by atoms with E-state index in [-0.39, 0.29) is 17.9 Å². The summed E-state index contributed by atoms with van der Waals surface area (Å²) in [6.45, 7) is 4.92. The normalized spacial score (nSPS) is 19.7. The first kappa shape index (κ1) is 18.6. The Morgan fingerprint density at radius 1 is 1.19 bits per heavy atom. The van der Waals surface area contributed by atoms with Gasteiger partial charge in [0.25, 0.3) is 11.8 Å². The molecule has 0 unspecified atom stereocenters. The molecule has 1 aliphatic rings. The van der Waals surface area contributed by atoms with Crippen LogP contribution in [0.15, 0.2) is 41.8 Å². The molecule has 1 aliphatic heterocycles. The number of likely N-dealkylation sites (tertiary alicyclic amines) is 1. The van der Waals surface area contributed by atoms with Crippen molar-refractivity contribution in [2.45, 2.75) is 32.4 Å². The molecule has 1 saturated heterocycles. The zero-order valence-electron chi connectivity index (χ0n) is 15.1. The number of aryl methyl sites for hydroxylation is 1. The largest absolute Gasteiger partial charge is 0.349 e. The number of rotatable bonds is 6. The monoisotopic (exact) mass is 372 g/mol. The van der Waals surface area contributed by atoms with Crippen LogP contribution in [0.3, 0.4) is 0 Å². The summed E-state index contributed by atoms with van der Waals surface area (Å²) >= 11 is 1.65. The second-order valence-corrected chi connectivity index (χ2v) is 7.93. The van der Waals surface area contributed by atoms with Crippen molar-refractivity contribution < 1.29 is 14.5 Å². The lowest BCUT2D eigenvalue weighted by molar-refractivity contribution is -0.897. The highest BCUT2D eigenvalue weighted by molar-refractivity contribution is 7.09. The van der Waals surface area contributed by atoms with Crippen LogP contribution < -0.4 is 15.5 Å². The van der Waals surface area contributed by atoms with Gasteiger partial charge in [0.05, 0.1) is 19.6 Å². The minimum absolute atomic E-state index is 0.00385. The number of hydrogen-bond donors (Lipinski definition) is 3. The highest BCUT2D eigenvalue weighted by Gasteiger charge is 2.25. The molecule has 138 valence electrons. The Labute approximate surface area is 158 Å². The molecule has 3 rings (SSSR count). The number of amides is 2. The maximum atomic E-state index is 12.3. The van der Waals surface area contributed by atoms with Crippen LogP contribution in [0.5, 0.6) is 0 Å². The van der Waals surface area contributed by atoms with Gasteiger partial charge in [0.2, 0.25) is 0 Å². The Balaban J connectivity index is 1.38. The molecule has 3 N–H and O–H groups in total. The van der Waals surface area contributed by atoms with E-state index < -0.39 is 0 Å². The van der Waals surface area contributed by atoms with E-state index in [1.54, 1.807) is 11.3 Å². The summed E-state index contributed by atoms with van der Waals surface area (Å²) in [7, 11) is 0. The van der Waals surface area contributed by atoms with Gasteiger partial charge in [0.15, 0.2) is 6.54 Å². The van der Waals surface area contributed by atoms with E-state index in [9.17, 15) is 9.59 Å². The minimum Gasteiger partial charge on any atom is -0.349 e. The molecule has 0 saturated carbocycles. The van der Waals surface area contributed by atoms with Crippen molar-refractivity contribution in [3.8, 4) is 0 Å². The van der Waals surface area contributed by atoms with Gasteiger partial charge in [-0.15, -0.1) is 11.3 Å². The molecule has 0 spiro atoms. The van der Waals surface area contributed by atoms with Gasteiger partial charge < -0.3 is 15.5 Å². The van der Waals surface area contributed by atoms with Gasteiger partial charge >= 0.3 is 0 Å². The molecular formula is C20H26N3O2S+. The molecule has 0 bridgehead atoms. The molecule has 26 heavy (non-hydrogen) atoms. The topological polar surface area (TPSA) is 62.6 Å². The number of piperidine rings is 1. The smallest absolute Gasteiger partial charge is 0.275 e. The molecule has 2 heterocycles. The summed E-state index contributed by atoms with van der Waals surface area (Å²) in [5.41, 5.74) is 1.80. The first-order valence-electron chi connectivity index (χ1n) is 9.10. The SMILES string of the molecule is Cc1cccc(C(=O)NC2CC[NH+](CC(=O)NCc3cccs3)CC2)c1. The molecule has 0 radical (unpaired) electrons.